The van der Waals surface area contributed by atoms with Crippen molar-refractivity contribution < 1.29 is 4.79 Å². The Morgan fingerprint density at radius 1 is 0.957 bits per heavy atom. The summed E-state index contributed by atoms with van der Waals surface area (Å²) < 4.78 is 0. The number of amides is 1. The number of hydrogen-bond donors (Lipinski definition) is 0. The lowest BCUT2D eigenvalue weighted by molar-refractivity contribution is 0.0985. The van der Waals surface area contributed by atoms with Gasteiger partial charge in [0.15, 0.2) is 0 Å². The second kappa shape index (κ2) is 9.83. The Morgan fingerprint density at radius 3 is 2.35 bits per heavy atom. The van der Waals surface area contributed by atoms with Crippen molar-refractivity contribution in [3.05, 3.63) is 65.2 Å². The van der Waals surface area contributed by atoms with Gasteiger partial charge in [-0.05, 0) is 43.5 Å². The van der Waals surface area contributed by atoms with Gasteiger partial charge in [-0.1, -0.05) is 63.6 Å². The van der Waals surface area contributed by atoms with Crippen LogP contribution >= 0.6 is 0 Å². The van der Waals surface area contributed by atoms with E-state index >= 15 is 0 Å². The van der Waals surface area contributed by atoms with E-state index in [1.54, 1.807) is 0 Å². The Hall–Kier alpha value is -2.09. The maximum absolute atomic E-state index is 12.6. The van der Waals surface area contributed by atoms with Crippen molar-refractivity contribution in [2.24, 2.45) is 0 Å². The zero-order valence-corrected chi connectivity index (χ0v) is 15.1. The minimum absolute atomic E-state index is 0.107. The van der Waals surface area contributed by atoms with Crippen LogP contribution in [-0.2, 0) is 6.42 Å². The summed E-state index contributed by atoms with van der Waals surface area (Å²) in [6.07, 6.45) is 2.10. The van der Waals surface area contributed by atoms with E-state index in [4.69, 9.17) is 0 Å². The van der Waals surface area contributed by atoms with Gasteiger partial charge in [-0.2, -0.15) is 0 Å². The first kappa shape index (κ1) is 19.0. The van der Waals surface area contributed by atoms with Gasteiger partial charge in [0.05, 0.1) is 0 Å². The zero-order valence-electron chi connectivity index (χ0n) is 15.1. The second-order valence-electron chi connectivity index (χ2n) is 5.06. The standard InChI is InChI=1S/C17H17NO.2C2H6/c1-13-6-4-8-15(12-13)17(19)18-11-5-9-14-7-2-3-10-16(14)18;2*1-2/h2-4,6-8,10,12H,5,9,11H2,1H3;2*1-2H3. The first-order chi connectivity index (χ1) is 11.3. The van der Waals surface area contributed by atoms with Gasteiger partial charge < -0.3 is 4.90 Å². The highest BCUT2D eigenvalue weighted by molar-refractivity contribution is 6.06. The Morgan fingerprint density at radius 2 is 1.65 bits per heavy atom. The molecular weight excluding hydrogens is 282 g/mol. The van der Waals surface area contributed by atoms with E-state index in [0.29, 0.717) is 0 Å². The molecule has 3 rings (SSSR count). The van der Waals surface area contributed by atoms with E-state index in [9.17, 15) is 4.79 Å². The summed E-state index contributed by atoms with van der Waals surface area (Å²) >= 11 is 0. The summed E-state index contributed by atoms with van der Waals surface area (Å²) in [4.78, 5) is 14.6. The second-order valence-corrected chi connectivity index (χ2v) is 5.06. The number of hydrogen-bond acceptors (Lipinski definition) is 1. The van der Waals surface area contributed by atoms with Crippen molar-refractivity contribution in [3.8, 4) is 0 Å². The van der Waals surface area contributed by atoms with Gasteiger partial charge in [-0.15, -0.1) is 0 Å². The Labute approximate surface area is 141 Å². The van der Waals surface area contributed by atoms with Crippen molar-refractivity contribution >= 4 is 11.6 Å². The summed E-state index contributed by atoms with van der Waals surface area (Å²) in [5, 5.41) is 0. The van der Waals surface area contributed by atoms with Gasteiger partial charge in [0.1, 0.15) is 0 Å². The molecule has 1 heterocycles. The Kier molecular flexibility index (Phi) is 8.10. The molecule has 0 bridgehead atoms. The molecule has 0 radical (unpaired) electrons. The normalized spacial score (nSPS) is 12.1. The molecular formula is C21H29NO. The fraction of sp³-hybridized carbons (Fsp3) is 0.381. The zero-order chi connectivity index (χ0) is 17.2. The fourth-order valence-electron chi connectivity index (χ4n) is 2.68. The van der Waals surface area contributed by atoms with Crippen LogP contribution < -0.4 is 4.90 Å². The van der Waals surface area contributed by atoms with E-state index in [0.717, 1.165) is 36.2 Å². The number of aryl methyl sites for hydroxylation is 2. The Bertz CT molecular complexity index is 619. The number of carbonyl (C=O) groups is 1. The lowest BCUT2D eigenvalue weighted by Gasteiger charge is -2.29. The summed E-state index contributed by atoms with van der Waals surface area (Å²) in [6.45, 7) is 10.8. The van der Waals surface area contributed by atoms with E-state index < -0.39 is 0 Å². The van der Waals surface area contributed by atoms with E-state index in [2.05, 4.69) is 6.07 Å². The van der Waals surface area contributed by atoms with Gasteiger partial charge in [-0.3, -0.25) is 4.79 Å². The van der Waals surface area contributed by atoms with Gasteiger partial charge in [0.2, 0.25) is 0 Å². The highest BCUT2D eigenvalue weighted by Gasteiger charge is 2.22. The molecule has 1 amide bonds. The largest absolute Gasteiger partial charge is 0.308 e. The van der Waals surface area contributed by atoms with Crippen LogP contribution in [0.1, 0.15) is 55.6 Å². The molecule has 124 valence electrons. The van der Waals surface area contributed by atoms with Gasteiger partial charge in [0, 0.05) is 17.8 Å². The van der Waals surface area contributed by atoms with Crippen LogP contribution in [0.5, 0.6) is 0 Å². The monoisotopic (exact) mass is 311 g/mol. The highest BCUT2D eigenvalue weighted by atomic mass is 16.2. The fourth-order valence-corrected chi connectivity index (χ4v) is 2.68. The van der Waals surface area contributed by atoms with Gasteiger partial charge >= 0.3 is 0 Å². The molecule has 2 aromatic carbocycles. The van der Waals surface area contributed by atoms with Crippen molar-refractivity contribution in [2.45, 2.75) is 47.5 Å². The maximum atomic E-state index is 12.6. The third kappa shape index (κ3) is 4.69. The predicted octanol–water partition coefficient (Wildman–Crippen LogP) is 5.64. The molecule has 1 aliphatic heterocycles. The topological polar surface area (TPSA) is 20.3 Å². The summed E-state index contributed by atoms with van der Waals surface area (Å²) in [7, 11) is 0. The first-order valence-corrected chi connectivity index (χ1v) is 8.72. The summed E-state index contributed by atoms with van der Waals surface area (Å²) in [5.41, 5.74) is 4.24. The number of carbonyl (C=O) groups excluding carboxylic acids is 1. The number of rotatable bonds is 1. The van der Waals surface area contributed by atoms with Gasteiger partial charge in [-0.25, -0.2) is 0 Å². The molecule has 0 saturated heterocycles. The van der Waals surface area contributed by atoms with E-state index in [1.165, 1.54) is 5.56 Å². The Balaban J connectivity index is 0.000000615. The molecule has 23 heavy (non-hydrogen) atoms. The average molecular weight is 311 g/mol. The third-order valence-corrected chi connectivity index (χ3v) is 3.62. The van der Waals surface area contributed by atoms with Crippen LogP contribution in [0.4, 0.5) is 5.69 Å². The van der Waals surface area contributed by atoms with Crippen molar-refractivity contribution in [1.82, 2.24) is 0 Å². The first-order valence-electron chi connectivity index (χ1n) is 8.72. The number of anilines is 1. The van der Waals surface area contributed by atoms with Crippen molar-refractivity contribution in [1.29, 1.82) is 0 Å². The molecule has 2 aromatic rings. The average Bonchev–Trinajstić information content (AvgIpc) is 2.64. The lowest BCUT2D eigenvalue weighted by Crippen LogP contribution is -2.35. The molecule has 0 aromatic heterocycles. The molecule has 0 unspecified atom stereocenters. The quantitative estimate of drug-likeness (QED) is 0.667. The minimum Gasteiger partial charge on any atom is -0.308 e. The molecule has 0 aliphatic carbocycles. The maximum Gasteiger partial charge on any atom is 0.258 e. The number of nitrogens with zero attached hydrogens (tertiary/aromatic N) is 1. The summed E-state index contributed by atoms with van der Waals surface area (Å²) in [6, 6.07) is 16.0. The SMILES string of the molecule is CC.CC.Cc1cccc(C(=O)N2CCCc3ccccc32)c1. The van der Waals surface area contributed by atoms with Crippen LogP contribution in [0.15, 0.2) is 48.5 Å². The van der Waals surface area contributed by atoms with E-state index in [-0.39, 0.29) is 5.91 Å². The smallest absolute Gasteiger partial charge is 0.258 e. The van der Waals surface area contributed by atoms with E-state index in [1.807, 2.05) is 82.0 Å². The van der Waals surface area contributed by atoms with Crippen molar-refractivity contribution in [2.75, 3.05) is 11.4 Å². The molecule has 2 heteroatoms. The molecule has 0 atom stereocenters. The van der Waals surface area contributed by atoms with Crippen LogP contribution in [0.2, 0.25) is 0 Å². The van der Waals surface area contributed by atoms with Crippen LogP contribution in [0.25, 0.3) is 0 Å². The molecule has 1 aliphatic rings. The molecule has 0 N–H and O–H groups in total. The number of benzene rings is 2. The number of para-hydroxylation sites is 1. The lowest BCUT2D eigenvalue weighted by atomic mass is 10.0. The molecule has 0 fully saturated rings. The highest BCUT2D eigenvalue weighted by Crippen LogP contribution is 2.28. The van der Waals surface area contributed by atoms with Gasteiger partial charge in [0.25, 0.3) is 5.91 Å². The number of fused-ring (bicyclic) bond motifs is 1. The van der Waals surface area contributed by atoms with Crippen LogP contribution in [-0.4, -0.2) is 12.5 Å². The summed E-state index contributed by atoms with van der Waals surface area (Å²) in [5.74, 6) is 0.107. The van der Waals surface area contributed by atoms with Crippen LogP contribution in [0, 0.1) is 6.92 Å². The van der Waals surface area contributed by atoms with Crippen molar-refractivity contribution in [3.63, 3.8) is 0 Å². The predicted molar refractivity (Wildman–Crippen MR) is 100 cm³/mol. The molecule has 0 saturated carbocycles. The minimum atomic E-state index is 0.107. The third-order valence-electron chi connectivity index (χ3n) is 3.62. The molecule has 2 nitrogen and oxygen atoms in total. The molecule has 0 spiro atoms. The van der Waals surface area contributed by atoms with Crippen LogP contribution in [0.3, 0.4) is 0 Å².